The van der Waals surface area contributed by atoms with Crippen molar-refractivity contribution < 1.29 is 9.53 Å². The van der Waals surface area contributed by atoms with E-state index < -0.39 is 0 Å². The van der Waals surface area contributed by atoms with Gasteiger partial charge in [-0.1, -0.05) is 54.3 Å². The number of hydrogen-bond donors (Lipinski definition) is 0. The van der Waals surface area contributed by atoms with Crippen LogP contribution in [0.3, 0.4) is 0 Å². The third-order valence-corrected chi connectivity index (χ3v) is 5.68. The van der Waals surface area contributed by atoms with Crippen molar-refractivity contribution in [2.24, 2.45) is 0 Å². The zero-order chi connectivity index (χ0) is 17.9. The third-order valence-electron chi connectivity index (χ3n) is 4.38. The first-order valence-electron chi connectivity index (χ1n) is 8.48. The van der Waals surface area contributed by atoms with Gasteiger partial charge in [0.1, 0.15) is 0 Å². The Hall–Kier alpha value is -2.15. The molecule has 0 aliphatic carbocycles. The predicted molar refractivity (Wildman–Crippen MR) is 112 cm³/mol. The number of amides is 1. The van der Waals surface area contributed by atoms with E-state index >= 15 is 0 Å². The number of carbonyl (C=O) groups excluding carboxylic acids is 1. The molecule has 0 unspecified atom stereocenters. The molecule has 0 bridgehead atoms. The minimum Gasteiger partial charge on any atom is -0.378 e. The van der Waals surface area contributed by atoms with E-state index in [0.29, 0.717) is 9.23 Å². The molecule has 0 aromatic heterocycles. The second kappa shape index (κ2) is 7.61. The number of anilines is 2. The van der Waals surface area contributed by atoms with Crippen LogP contribution in [0.2, 0.25) is 0 Å². The number of hydrogen-bond acceptors (Lipinski definition) is 5. The van der Waals surface area contributed by atoms with Crippen molar-refractivity contribution in [2.45, 2.75) is 0 Å². The van der Waals surface area contributed by atoms with Crippen molar-refractivity contribution in [1.29, 1.82) is 0 Å². The predicted octanol–water partition coefficient (Wildman–Crippen LogP) is 3.93. The summed E-state index contributed by atoms with van der Waals surface area (Å²) in [5, 5.41) is 0. The number of morpholine rings is 1. The van der Waals surface area contributed by atoms with Gasteiger partial charge in [0.25, 0.3) is 5.91 Å². The van der Waals surface area contributed by atoms with Gasteiger partial charge >= 0.3 is 0 Å². The minimum absolute atomic E-state index is 0.0662. The van der Waals surface area contributed by atoms with E-state index in [1.165, 1.54) is 17.4 Å². The van der Waals surface area contributed by atoms with Crippen LogP contribution in [-0.2, 0) is 9.53 Å². The number of nitrogens with zero attached hydrogens (tertiary/aromatic N) is 2. The van der Waals surface area contributed by atoms with Gasteiger partial charge in [0.05, 0.1) is 23.8 Å². The summed E-state index contributed by atoms with van der Waals surface area (Å²) in [6.07, 6.45) is 1.91. The van der Waals surface area contributed by atoms with Gasteiger partial charge < -0.3 is 9.64 Å². The van der Waals surface area contributed by atoms with Gasteiger partial charge in [-0.25, -0.2) is 0 Å². The van der Waals surface area contributed by atoms with E-state index in [0.717, 1.165) is 37.6 Å². The molecule has 4 rings (SSSR count). The van der Waals surface area contributed by atoms with Crippen molar-refractivity contribution in [2.75, 3.05) is 36.1 Å². The zero-order valence-electron chi connectivity index (χ0n) is 14.1. The molecular formula is C20H18N2O2S2. The van der Waals surface area contributed by atoms with Gasteiger partial charge in [0, 0.05) is 18.8 Å². The molecular weight excluding hydrogens is 364 g/mol. The molecule has 2 saturated heterocycles. The standard InChI is InChI=1S/C20H18N2O2S2/c23-19-18(26-20(25)22(19)17-4-2-1-3-5-17)14-15-6-8-16(9-7-15)21-10-12-24-13-11-21/h1-9,14H,10-13H2/b18-14-. The van der Waals surface area contributed by atoms with Crippen molar-refractivity contribution in [1.82, 2.24) is 0 Å². The molecule has 2 aliphatic heterocycles. The lowest BCUT2D eigenvalue weighted by Crippen LogP contribution is -2.36. The van der Waals surface area contributed by atoms with E-state index in [1.807, 2.05) is 48.5 Å². The quantitative estimate of drug-likeness (QED) is 0.593. The minimum atomic E-state index is -0.0662. The molecule has 1 amide bonds. The highest BCUT2D eigenvalue weighted by molar-refractivity contribution is 8.27. The maximum Gasteiger partial charge on any atom is 0.270 e. The van der Waals surface area contributed by atoms with E-state index in [-0.39, 0.29) is 5.91 Å². The summed E-state index contributed by atoms with van der Waals surface area (Å²) < 4.78 is 5.96. The highest BCUT2D eigenvalue weighted by atomic mass is 32.2. The molecule has 6 heteroatoms. The molecule has 4 nitrogen and oxygen atoms in total. The molecule has 2 aromatic carbocycles. The summed E-state index contributed by atoms with van der Waals surface area (Å²) in [4.78, 5) is 17.3. The topological polar surface area (TPSA) is 32.8 Å². The first-order chi connectivity index (χ1) is 12.7. The van der Waals surface area contributed by atoms with Gasteiger partial charge in [-0.15, -0.1) is 0 Å². The van der Waals surface area contributed by atoms with Crippen LogP contribution in [0.1, 0.15) is 5.56 Å². The number of para-hydroxylation sites is 1. The Bertz CT molecular complexity index is 844. The lowest BCUT2D eigenvalue weighted by atomic mass is 10.1. The van der Waals surface area contributed by atoms with Crippen LogP contribution in [0.25, 0.3) is 6.08 Å². The second-order valence-corrected chi connectivity index (χ2v) is 7.72. The number of thioether (sulfide) groups is 1. The average molecular weight is 383 g/mol. The lowest BCUT2D eigenvalue weighted by Gasteiger charge is -2.28. The maximum atomic E-state index is 12.8. The molecule has 2 fully saturated rings. The second-order valence-electron chi connectivity index (χ2n) is 6.04. The summed E-state index contributed by atoms with van der Waals surface area (Å²) in [5.41, 5.74) is 2.99. The average Bonchev–Trinajstić information content (AvgIpc) is 2.97. The van der Waals surface area contributed by atoms with Crippen molar-refractivity contribution in [3.05, 3.63) is 65.1 Å². The van der Waals surface area contributed by atoms with E-state index in [1.54, 1.807) is 4.90 Å². The Morgan fingerprint density at radius 3 is 2.35 bits per heavy atom. The van der Waals surface area contributed by atoms with Gasteiger partial charge in [-0.3, -0.25) is 9.69 Å². The van der Waals surface area contributed by atoms with Crippen LogP contribution in [0.5, 0.6) is 0 Å². The van der Waals surface area contributed by atoms with Crippen molar-refractivity contribution in [3.8, 4) is 0 Å². The molecule has 0 spiro atoms. The SMILES string of the molecule is O=C1/C(=C/c2ccc(N3CCOCC3)cc2)SC(=S)N1c1ccccc1. The Morgan fingerprint density at radius 2 is 1.65 bits per heavy atom. The molecule has 0 atom stereocenters. The molecule has 132 valence electrons. The summed E-state index contributed by atoms with van der Waals surface area (Å²) >= 11 is 6.75. The summed E-state index contributed by atoms with van der Waals surface area (Å²) in [6.45, 7) is 3.36. The summed E-state index contributed by atoms with van der Waals surface area (Å²) in [6, 6.07) is 17.8. The number of ether oxygens (including phenoxy) is 1. The third kappa shape index (κ3) is 3.53. The van der Waals surface area contributed by atoms with E-state index in [2.05, 4.69) is 17.0 Å². The number of thiocarbonyl (C=S) groups is 1. The Morgan fingerprint density at radius 1 is 0.962 bits per heavy atom. The molecule has 2 heterocycles. The van der Waals surface area contributed by atoms with Crippen LogP contribution in [0.4, 0.5) is 11.4 Å². The molecule has 0 N–H and O–H groups in total. The monoisotopic (exact) mass is 382 g/mol. The van der Waals surface area contributed by atoms with E-state index in [9.17, 15) is 4.79 Å². The zero-order valence-corrected chi connectivity index (χ0v) is 15.8. The fraction of sp³-hybridized carbons (Fsp3) is 0.200. The van der Waals surface area contributed by atoms with Crippen LogP contribution in [0.15, 0.2) is 59.5 Å². The maximum absolute atomic E-state index is 12.8. The molecule has 0 radical (unpaired) electrons. The fourth-order valence-electron chi connectivity index (χ4n) is 3.02. The Balaban J connectivity index is 1.53. The van der Waals surface area contributed by atoms with Crippen LogP contribution >= 0.6 is 24.0 Å². The number of benzene rings is 2. The lowest BCUT2D eigenvalue weighted by molar-refractivity contribution is -0.113. The van der Waals surface area contributed by atoms with E-state index in [4.69, 9.17) is 17.0 Å². The molecule has 0 saturated carbocycles. The fourth-order valence-corrected chi connectivity index (χ4v) is 4.32. The summed E-state index contributed by atoms with van der Waals surface area (Å²) in [7, 11) is 0. The van der Waals surface area contributed by atoms with Gasteiger partial charge in [0.2, 0.25) is 0 Å². The van der Waals surface area contributed by atoms with Gasteiger partial charge in [-0.2, -0.15) is 0 Å². The molecule has 26 heavy (non-hydrogen) atoms. The molecule has 2 aromatic rings. The largest absolute Gasteiger partial charge is 0.378 e. The van der Waals surface area contributed by atoms with Gasteiger partial charge in [-0.05, 0) is 35.9 Å². The van der Waals surface area contributed by atoms with Gasteiger partial charge in [0.15, 0.2) is 4.32 Å². The Kier molecular flexibility index (Phi) is 5.06. The smallest absolute Gasteiger partial charge is 0.270 e. The Labute approximate surface area is 162 Å². The van der Waals surface area contributed by atoms with Crippen molar-refractivity contribution in [3.63, 3.8) is 0 Å². The van der Waals surface area contributed by atoms with Crippen LogP contribution in [-0.4, -0.2) is 36.5 Å². The highest BCUT2D eigenvalue weighted by Crippen LogP contribution is 2.36. The van der Waals surface area contributed by atoms with Crippen LogP contribution in [0, 0.1) is 0 Å². The van der Waals surface area contributed by atoms with Crippen molar-refractivity contribution >= 4 is 51.7 Å². The highest BCUT2D eigenvalue weighted by Gasteiger charge is 2.33. The molecule has 2 aliphatic rings. The first kappa shape index (κ1) is 17.3. The summed E-state index contributed by atoms with van der Waals surface area (Å²) in [5.74, 6) is -0.0662. The number of rotatable bonds is 3. The first-order valence-corrected chi connectivity index (χ1v) is 9.70. The number of carbonyl (C=O) groups is 1. The van der Waals surface area contributed by atoms with Crippen LogP contribution < -0.4 is 9.80 Å². The normalized spacial score (nSPS) is 19.5.